The topological polar surface area (TPSA) is 118 Å². The molecule has 0 unspecified atom stereocenters. The van der Waals surface area contributed by atoms with Crippen molar-refractivity contribution < 1.29 is 29.3 Å². The van der Waals surface area contributed by atoms with E-state index in [1.54, 1.807) is 18.0 Å². The molecule has 1 amide bonds. The van der Waals surface area contributed by atoms with Crippen molar-refractivity contribution >= 4 is 23.6 Å². The number of aliphatic hydroxyl groups is 1. The summed E-state index contributed by atoms with van der Waals surface area (Å²) in [5.41, 5.74) is 5.86. The van der Waals surface area contributed by atoms with Gasteiger partial charge < -0.3 is 25.0 Å². The number of hydrogen-bond acceptors (Lipinski definition) is 7. The lowest BCUT2D eigenvalue weighted by Gasteiger charge is -2.36. The minimum atomic E-state index is -0.803. The van der Waals surface area contributed by atoms with Crippen LogP contribution in [0, 0.1) is 0 Å². The average Bonchev–Trinajstić information content (AvgIpc) is 3.10. The molecule has 1 saturated heterocycles. The van der Waals surface area contributed by atoms with E-state index in [1.807, 2.05) is 72.8 Å². The zero-order chi connectivity index (χ0) is 32.1. The lowest BCUT2D eigenvalue weighted by Crippen LogP contribution is -2.31. The monoisotopic (exact) mass is 640 g/mol. The molecule has 1 fully saturated rings. The number of carboxylic acids is 1. The lowest BCUT2D eigenvalue weighted by molar-refractivity contribution is -0.245. The van der Waals surface area contributed by atoms with Crippen molar-refractivity contribution in [2.45, 2.75) is 75.2 Å². The molecule has 3 atom stereocenters. The molecule has 4 aromatic rings. The third-order valence-corrected chi connectivity index (χ3v) is 8.95. The summed E-state index contributed by atoms with van der Waals surface area (Å²) in [5.74, 6) is -0.105. The Hall–Kier alpha value is -4.02. The maximum absolute atomic E-state index is 12.3. The van der Waals surface area contributed by atoms with Gasteiger partial charge in [0.05, 0.1) is 23.8 Å². The molecule has 0 radical (unpaired) electrons. The Labute approximate surface area is 274 Å². The minimum Gasteiger partial charge on any atom is -0.481 e. The molecule has 240 valence electrons. The number of pyridine rings is 1. The molecule has 2 heterocycles. The summed E-state index contributed by atoms with van der Waals surface area (Å²) in [5, 5.41) is 22.2. The summed E-state index contributed by atoms with van der Waals surface area (Å²) < 4.78 is 13.1. The number of carbonyl (C=O) groups is 2. The van der Waals surface area contributed by atoms with Gasteiger partial charge >= 0.3 is 5.97 Å². The number of ether oxygens (including phenoxy) is 2. The van der Waals surface area contributed by atoms with Crippen molar-refractivity contribution in [3.8, 4) is 11.1 Å². The van der Waals surface area contributed by atoms with Gasteiger partial charge in [-0.05, 0) is 64.9 Å². The smallest absolute Gasteiger partial charge is 0.303 e. The first kappa shape index (κ1) is 33.3. The number of nitrogens with one attached hydrogen (secondary N) is 1. The van der Waals surface area contributed by atoms with Gasteiger partial charge in [-0.3, -0.25) is 9.59 Å². The second-order valence-electron chi connectivity index (χ2n) is 11.4. The maximum Gasteiger partial charge on any atom is 0.303 e. The predicted octanol–water partition coefficient (Wildman–Crippen LogP) is 7.23. The summed E-state index contributed by atoms with van der Waals surface area (Å²) in [4.78, 5) is 27.4. The highest BCUT2D eigenvalue weighted by atomic mass is 32.2. The average molecular weight is 641 g/mol. The molecule has 5 rings (SSSR count). The summed E-state index contributed by atoms with van der Waals surface area (Å²) in [6, 6.07) is 30.1. The van der Waals surface area contributed by atoms with Crippen LogP contribution in [0.1, 0.15) is 73.2 Å². The number of aliphatic carboxylic acids is 1. The largest absolute Gasteiger partial charge is 0.481 e. The van der Waals surface area contributed by atoms with E-state index in [2.05, 4.69) is 28.5 Å². The molecule has 3 N–H and O–H groups in total. The Bertz CT molecular complexity index is 1570. The lowest BCUT2D eigenvalue weighted by atomic mass is 9.99. The van der Waals surface area contributed by atoms with E-state index in [1.165, 1.54) is 0 Å². The first-order valence-electron chi connectivity index (χ1n) is 15.7. The number of carbonyl (C=O) groups excluding carboxylic acids is 1. The quantitative estimate of drug-likeness (QED) is 0.0920. The molecule has 0 bridgehead atoms. The number of aliphatic hydroxyl groups excluding tert-OH is 1. The van der Waals surface area contributed by atoms with Gasteiger partial charge in [0.2, 0.25) is 5.91 Å². The highest BCUT2D eigenvalue weighted by Crippen LogP contribution is 2.40. The Morgan fingerprint density at radius 1 is 0.826 bits per heavy atom. The molecule has 1 aromatic heterocycles. The highest BCUT2D eigenvalue weighted by Gasteiger charge is 2.32. The number of rotatable bonds is 15. The molecule has 3 aromatic carbocycles. The first-order valence-corrected chi connectivity index (χ1v) is 16.7. The van der Waals surface area contributed by atoms with E-state index in [0.29, 0.717) is 32.2 Å². The number of aromatic nitrogens is 1. The van der Waals surface area contributed by atoms with Gasteiger partial charge in [-0.15, -0.1) is 11.8 Å². The van der Waals surface area contributed by atoms with Gasteiger partial charge in [0.15, 0.2) is 6.29 Å². The van der Waals surface area contributed by atoms with E-state index >= 15 is 0 Å². The van der Waals surface area contributed by atoms with Crippen LogP contribution in [0.3, 0.4) is 0 Å². The van der Waals surface area contributed by atoms with Crippen molar-refractivity contribution in [3.63, 3.8) is 0 Å². The molecule has 1 aliphatic rings. The van der Waals surface area contributed by atoms with E-state index < -0.39 is 12.3 Å². The fourth-order valence-corrected chi connectivity index (χ4v) is 6.27. The molecule has 46 heavy (non-hydrogen) atoms. The molecule has 0 aliphatic carbocycles. The summed E-state index contributed by atoms with van der Waals surface area (Å²) in [6.45, 7) is 0.417. The number of hydrogen-bond donors (Lipinski definition) is 3. The van der Waals surface area contributed by atoms with Crippen molar-refractivity contribution in [3.05, 3.63) is 119 Å². The number of thioether (sulfide) groups is 1. The maximum atomic E-state index is 12.3. The molecular weight excluding hydrogens is 600 g/mol. The normalized spacial score (nSPS) is 17.8. The van der Waals surface area contributed by atoms with E-state index in [-0.39, 0.29) is 31.1 Å². The third kappa shape index (κ3) is 9.99. The van der Waals surface area contributed by atoms with Gasteiger partial charge in [-0.2, -0.15) is 0 Å². The fourth-order valence-electron chi connectivity index (χ4n) is 5.39. The minimum absolute atomic E-state index is 0.00255. The van der Waals surface area contributed by atoms with Crippen LogP contribution in [0.4, 0.5) is 0 Å². The Kier molecular flexibility index (Phi) is 12.4. The number of benzene rings is 3. The standard InChI is InChI=1S/C37H40N2O6S/c40-24-26-15-17-28(18-16-26)33-22-32(25-46-35-13-4-5-19-38-35)44-37(45-33)31-11-7-10-30(21-31)29-9-6-8-27(20-29)23-39-34(41)12-2-1-3-14-36(42)43/h4-11,13,15-21,32-33,37,40H,1-3,12,14,22-25H2,(H,39,41)(H,42,43)/t32-,33+,37+/m1/s1. The van der Waals surface area contributed by atoms with Gasteiger partial charge in [0.1, 0.15) is 0 Å². The number of carboxylic acid groups (broad SMARTS) is 1. The van der Waals surface area contributed by atoms with Gasteiger partial charge in [-0.1, -0.05) is 73.2 Å². The van der Waals surface area contributed by atoms with Crippen LogP contribution in [-0.4, -0.2) is 38.9 Å². The summed E-state index contributed by atoms with van der Waals surface area (Å²) in [6.07, 6.45) is 4.20. The van der Waals surface area contributed by atoms with Crippen molar-refractivity contribution in [1.82, 2.24) is 10.3 Å². The van der Waals surface area contributed by atoms with Crippen LogP contribution < -0.4 is 5.32 Å². The predicted molar refractivity (Wildman–Crippen MR) is 178 cm³/mol. The third-order valence-electron chi connectivity index (χ3n) is 7.87. The Morgan fingerprint density at radius 2 is 1.61 bits per heavy atom. The molecule has 8 nitrogen and oxygen atoms in total. The molecule has 9 heteroatoms. The van der Waals surface area contributed by atoms with Crippen molar-refractivity contribution in [2.24, 2.45) is 0 Å². The first-order chi connectivity index (χ1) is 22.5. The second-order valence-corrected chi connectivity index (χ2v) is 12.4. The van der Waals surface area contributed by atoms with Gasteiger partial charge in [-0.25, -0.2) is 4.98 Å². The summed E-state index contributed by atoms with van der Waals surface area (Å²) in [7, 11) is 0. The number of nitrogens with zero attached hydrogens (tertiary/aromatic N) is 1. The van der Waals surface area contributed by atoms with E-state index in [9.17, 15) is 14.7 Å². The van der Waals surface area contributed by atoms with Crippen LogP contribution in [0.25, 0.3) is 11.1 Å². The zero-order valence-corrected chi connectivity index (χ0v) is 26.5. The van der Waals surface area contributed by atoms with E-state index in [4.69, 9.17) is 14.6 Å². The second kappa shape index (κ2) is 17.1. The summed E-state index contributed by atoms with van der Waals surface area (Å²) >= 11 is 1.67. The number of unbranched alkanes of at least 4 members (excludes halogenated alkanes) is 2. The van der Waals surface area contributed by atoms with Gasteiger partial charge in [0, 0.05) is 43.3 Å². The molecule has 0 spiro atoms. The van der Waals surface area contributed by atoms with Crippen molar-refractivity contribution in [1.29, 1.82) is 0 Å². The van der Waals surface area contributed by atoms with Crippen LogP contribution in [-0.2, 0) is 32.2 Å². The van der Waals surface area contributed by atoms with Crippen LogP contribution in [0.5, 0.6) is 0 Å². The Balaban J connectivity index is 1.26. The van der Waals surface area contributed by atoms with Gasteiger partial charge in [0.25, 0.3) is 0 Å². The highest BCUT2D eigenvalue weighted by molar-refractivity contribution is 7.99. The van der Waals surface area contributed by atoms with Crippen LogP contribution in [0.2, 0.25) is 0 Å². The van der Waals surface area contributed by atoms with Crippen molar-refractivity contribution in [2.75, 3.05) is 5.75 Å². The van der Waals surface area contributed by atoms with E-state index in [0.717, 1.165) is 50.6 Å². The molecule has 1 aliphatic heterocycles. The fraction of sp³-hybridized carbons (Fsp3) is 0.324. The molecule has 0 saturated carbocycles. The number of amides is 1. The molecular formula is C37H40N2O6S. The van der Waals surface area contributed by atoms with Crippen LogP contribution in [0.15, 0.2) is 102 Å². The SMILES string of the molecule is O=C(O)CCCCCC(=O)NCc1cccc(-c2cccc([C@H]3O[C@@H](CSc4ccccn4)C[C@@H](c4ccc(CO)cc4)O3)c2)c1. The van der Waals surface area contributed by atoms with Crippen LogP contribution >= 0.6 is 11.8 Å². The Morgan fingerprint density at radius 3 is 2.37 bits per heavy atom. The zero-order valence-electron chi connectivity index (χ0n) is 25.7.